The zero-order valence-electron chi connectivity index (χ0n) is 20.3. The van der Waals surface area contributed by atoms with Crippen LogP contribution in [0.4, 0.5) is 0 Å². The lowest BCUT2D eigenvalue weighted by Gasteiger charge is -2.11. The Kier molecular flexibility index (Phi) is 5.22. The van der Waals surface area contributed by atoms with Crippen LogP contribution >= 0.6 is 0 Å². The van der Waals surface area contributed by atoms with Gasteiger partial charge in [0.15, 0.2) is 11.5 Å². The summed E-state index contributed by atoms with van der Waals surface area (Å²) < 4.78 is 9.40. The van der Waals surface area contributed by atoms with Crippen LogP contribution in [0.5, 0.6) is 5.88 Å². The predicted molar refractivity (Wildman–Crippen MR) is 134 cm³/mol. The lowest BCUT2D eigenvalue weighted by Crippen LogP contribution is -2.02. The minimum atomic E-state index is 0.410. The van der Waals surface area contributed by atoms with Crippen molar-refractivity contribution < 1.29 is 4.74 Å². The number of hydrogen-bond acceptors (Lipinski definition) is 7. The highest BCUT2D eigenvalue weighted by Crippen LogP contribution is 2.45. The zero-order valence-corrected chi connectivity index (χ0v) is 20.3. The lowest BCUT2D eigenvalue weighted by atomic mass is 10.1. The van der Waals surface area contributed by atoms with Crippen LogP contribution in [0.2, 0.25) is 0 Å². The fourth-order valence-electron chi connectivity index (χ4n) is 4.66. The Bertz CT molecular complexity index is 1640. The minimum absolute atomic E-state index is 0.410. The largest absolute Gasteiger partial charge is 0.480 e. The summed E-state index contributed by atoms with van der Waals surface area (Å²) in [6.45, 7) is 1.94. The number of aryl methyl sites for hydroxylation is 2. The van der Waals surface area contributed by atoms with Crippen LogP contribution in [-0.4, -0.2) is 41.4 Å². The second kappa shape index (κ2) is 8.57. The number of rotatable bonds is 6. The van der Waals surface area contributed by atoms with E-state index in [-0.39, 0.29) is 0 Å². The van der Waals surface area contributed by atoms with Crippen molar-refractivity contribution in [3.8, 4) is 29.0 Å². The second-order valence-electron chi connectivity index (χ2n) is 9.15. The van der Waals surface area contributed by atoms with Gasteiger partial charge in [-0.3, -0.25) is 0 Å². The van der Waals surface area contributed by atoms with E-state index in [1.807, 2.05) is 32.3 Å². The van der Waals surface area contributed by atoms with Gasteiger partial charge >= 0.3 is 0 Å². The summed E-state index contributed by atoms with van der Waals surface area (Å²) in [6, 6.07) is 12.1. The number of ether oxygens (including phenoxy) is 1. The number of nitrogens with zero attached hydrogens (tertiary/aromatic N) is 8. The molecule has 1 aliphatic carbocycles. The predicted octanol–water partition coefficient (Wildman–Crippen LogP) is 4.27. The van der Waals surface area contributed by atoms with Crippen molar-refractivity contribution in [3.63, 3.8) is 0 Å². The van der Waals surface area contributed by atoms with Crippen LogP contribution in [0.1, 0.15) is 47.0 Å². The van der Waals surface area contributed by atoms with E-state index in [4.69, 9.17) is 15.0 Å². The summed E-state index contributed by atoms with van der Waals surface area (Å²) in [7, 11) is 3.62. The smallest absolute Gasteiger partial charge is 0.227 e. The highest BCUT2D eigenvalue weighted by atomic mass is 16.5. The van der Waals surface area contributed by atoms with E-state index in [9.17, 15) is 0 Å². The third-order valence-corrected chi connectivity index (χ3v) is 6.60. The van der Waals surface area contributed by atoms with Crippen molar-refractivity contribution in [2.75, 3.05) is 7.11 Å². The molecular formula is C27H24N8O. The van der Waals surface area contributed by atoms with Gasteiger partial charge in [0.2, 0.25) is 5.88 Å². The van der Waals surface area contributed by atoms with Gasteiger partial charge < -0.3 is 9.30 Å². The molecule has 0 atom stereocenters. The fourth-order valence-corrected chi connectivity index (χ4v) is 4.66. The maximum Gasteiger partial charge on any atom is 0.227 e. The molecule has 1 aliphatic rings. The van der Waals surface area contributed by atoms with Gasteiger partial charge in [-0.05, 0) is 43.5 Å². The summed E-state index contributed by atoms with van der Waals surface area (Å²) in [4.78, 5) is 18.5. The number of aromatic nitrogens is 7. The molecule has 178 valence electrons. The van der Waals surface area contributed by atoms with E-state index >= 15 is 0 Å². The zero-order chi connectivity index (χ0) is 24.8. The third-order valence-electron chi connectivity index (χ3n) is 6.60. The molecule has 6 rings (SSSR count). The Hall–Kier alpha value is -4.58. The van der Waals surface area contributed by atoms with Gasteiger partial charge in [-0.1, -0.05) is 12.1 Å². The van der Waals surface area contributed by atoms with Crippen LogP contribution < -0.4 is 4.74 Å². The van der Waals surface area contributed by atoms with Gasteiger partial charge in [0.05, 0.1) is 35.7 Å². The molecule has 0 aliphatic heterocycles. The molecule has 0 unspecified atom stereocenters. The molecule has 4 heterocycles. The van der Waals surface area contributed by atoms with Crippen molar-refractivity contribution in [3.05, 3.63) is 77.3 Å². The molecule has 4 aromatic heterocycles. The van der Waals surface area contributed by atoms with Gasteiger partial charge in [-0.2, -0.15) is 10.4 Å². The molecule has 9 heteroatoms. The van der Waals surface area contributed by atoms with Gasteiger partial charge in [0.1, 0.15) is 18.0 Å². The summed E-state index contributed by atoms with van der Waals surface area (Å²) in [5.41, 5.74) is 8.12. The molecule has 0 radical (unpaired) electrons. The molecule has 36 heavy (non-hydrogen) atoms. The Labute approximate surface area is 208 Å². The van der Waals surface area contributed by atoms with Gasteiger partial charge in [0, 0.05) is 36.8 Å². The number of nitriles is 1. The molecule has 0 bridgehead atoms. The molecule has 5 aromatic rings. The van der Waals surface area contributed by atoms with Gasteiger partial charge in [-0.15, -0.1) is 0 Å². The Morgan fingerprint density at radius 3 is 2.64 bits per heavy atom. The van der Waals surface area contributed by atoms with Gasteiger partial charge in [0.25, 0.3) is 0 Å². The first-order chi connectivity index (χ1) is 17.6. The number of hydrogen-bond donors (Lipinski definition) is 0. The molecular weight excluding hydrogens is 452 g/mol. The highest BCUT2D eigenvalue weighted by Gasteiger charge is 2.31. The summed E-state index contributed by atoms with van der Waals surface area (Å²) in [5.74, 6) is 1.51. The van der Waals surface area contributed by atoms with Crippen LogP contribution in [0.15, 0.2) is 49.1 Å². The monoisotopic (exact) mass is 476 g/mol. The van der Waals surface area contributed by atoms with Crippen LogP contribution in [0, 0.1) is 18.3 Å². The first-order valence-corrected chi connectivity index (χ1v) is 11.8. The van der Waals surface area contributed by atoms with E-state index in [2.05, 4.69) is 49.0 Å². The normalized spacial score (nSPS) is 13.2. The maximum absolute atomic E-state index is 9.13. The maximum atomic E-state index is 9.13. The minimum Gasteiger partial charge on any atom is -0.480 e. The summed E-state index contributed by atoms with van der Waals surface area (Å²) >= 11 is 0. The highest BCUT2D eigenvalue weighted by molar-refractivity contribution is 5.82. The SMILES string of the molecule is COc1ncnc(C2CC2)c1-c1ncc2c(n1)c(Cc1ccc(-n3nc(C#N)cc3C)cc1)cn2C. The van der Waals surface area contributed by atoms with E-state index in [0.717, 1.165) is 57.6 Å². The van der Waals surface area contributed by atoms with Crippen molar-refractivity contribution in [1.29, 1.82) is 5.26 Å². The summed E-state index contributed by atoms with van der Waals surface area (Å²) in [5, 5.41) is 13.5. The van der Waals surface area contributed by atoms with E-state index in [1.165, 1.54) is 0 Å². The molecule has 1 fully saturated rings. The molecule has 0 amide bonds. The average molecular weight is 477 g/mol. The number of benzene rings is 1. The standard InChI is InChI=1S/C27H24N8O/c1-16-10-20(12-28)33-35(16)21-8-4-17(5-9-21)11-19-14-34(2)22-13-29-26(32-24(19)22)23-25(18-6-7-18)30-15-31-27(23)36-3/h4-5,8-10,13-15,18H,6-7,11H2,1-3H3. The fraction of sp³-hybridized carbons (Fsp3) is 0.259. The average Bonchev–Trinajstić information content (AvgIpc) is 3.62. The molecule has 0 N–H and O–H groups in total. The lowest BCUT2D eigenvalue weighted by molar-refractivity contribution is 0.397. The van der Waals surface area contributed by atoms with E-state index in [0.29, 0.717) is 29.7 Å². The van der Waals surface area contributed by atoms with Crippen molar-refractivity contribution >= 4 is 11.0 Å². The number of fused-ring (bicyclic) bond motifs is 1. The van der Waals surface area contributed by atoms with Crippen molar-refractivity contribution in [2.45, 2.75) is 32.1 Å². The quantitative estimate of drug-likeness (QED) is 0.360. The Balaban J connectivity index is 1.36. The molecule has 1 saturated carbocycles. The number of methoxy groups -OCH3 is 1. The summed E-state index contributed by atoms with van der Waals surface area (Å²) in [6.07, 6.45) is 8.45. The Morgan fingerprint density at radius 2 is 1.94 bits per heavy atom. The first kappa shape index (κ1) is 21.9. The molecule has 0 spiro atoms. The Morgan fingerprint density at radius 1 is 1.14 bits per heavy atom. The van der Waals surface area contributed by atoms with E-state index < -0.39 is 0 Å². The third kappa shape index (κ3) is 3.77. The molecule has 0 saturated heterocycles. The van der Waals surface area contributed by atoms with Crippen molar-refractivity contribution in [1.82, 2.24) is 34.3 Å². The second-order valence-corrected chi connectivity index (χ2v) is 9.15. The van der Waals surface area contributed by atoms with Crippen LogP contribution in [0.3, 0.4) is 0 Å². The van der Waals surface area contributed by atoms with E-state index in [1.54, 1.807) is 24.2 Å². The molecule has 1 aromatic carbocycles. The van der Waals surface area contributed by atoms with Crippen molar-refractivity contribution in [2.24, 2.45) is 7.05 Å². The van der Waals surface area contributed by atoms with Gasteiger partial charge in [-0.25, -0.2) is 24.6 Å². The van der Waals surface area contributed by atoms with Crippen LogP contribution in [0.25, 0.3) is 28.1 Å². The van der Waals surface area contributed by atoms with Crippen LogP contribution in [-0.2, 0) is 13.5 Å². The topological polar surface area (TPSA) is 107 Å². The molecule has 9 nitrogen and oxygen atoms in total. The first-order valence-electron chi connectivity index (χ1n) is 11.8.